The van der Waals surface area contributed by atoms with Gasteiger partial charge in [-0.3, -0.25) is 4.79 Å². The highest BCUT2D eigenvalue weighted by Crippen LogP contribution is 2.28. The molecule has 2 amide bonds. The number of nitrogens with zero attached hydrogens (tertiary/aromatic N) is 1. The minimum Gasteiger partial charge on any atom is -0.497 e. The van der Waals surface area contributed by atoms with Gasteiger partial charge in [0.25, 0.3) is 5.91 Å². The third-order valence-corrected chi connectivity index (χ3v) is 4.18. The van der Waals surface area contributed by atoms with E-state index < -0.39 is 18.0 Å². The van der Waals surface area contributed by atoms with E-state index in [0.29, 0.717) is 0 Å². The molecule has 0 unspecified atom stereocenters. The fourth-order valence-corrected chi connectivity index (χ4v) is 2.79. The predicted molar refractivity (Wildman–Crippen MR) is 94.1 cm³/mol. The van der Waals surface area contributed by atoms with Crippen molar-refractivity contribution in [2.24, 2.45) is 0 Å². The van der Waals surface area contributed by atoms with E-state index in [2.05, 4.69) is 0 Å². The van der Waals surface area contributed by atoms with Crippen molar-refractivity contribution in [3.63, 3.8) is 0 Å². The Hall–Kier alpha value is -3.08. The topological polar surface area (TPSA) is 55.8 Å². The predicted octanol–water partition coefficient (Wildman–Crippen LogP) is 3.74. The summed E-state index contributed by atoms with van der Waals surface area (Å²) in [6.45, 7) is 2.10. The maximum atomic E-state index is 12.6. The molecule has 0 spiro atoms. The number of carbonyl (C=O) groups is 2. The summed E-state index contributed by atoms with van der Waals surface area (Å²) in [6.07, 6.45) is 2.48. The summed E-state index contributed by atoms with van der Waals surface area (Å²) in [5, 5.41) is 0. The summed E-state index contributed by atoms with van der Waals surface area (Å²) >= 11 is 0. The highest BCUT2D eigenvalue weighted by Gasteiger charge is 2.37. The number of carbonyl (C=O) groups excluding carboxylic acids is 2. The molecule has 2 aromatic rings. The SMILES string of the molecule is COc1ccc(/C=C/C(=O)N2C(=O)OC[C@H]2c2ccccc2)c(C)c1. The number of ether oxygens (including phenoxy) is 2. The lowest BCUT2D eigenvalue weighted by molar-refractivity contribution is -0.124. The average Bonchev–Trinajstić information content (AvgIpc) is 3.02. The molecule has 128 valence electrons. The second kappa shape index (κ2) is 7.21. The van der Waals surface area contributed by atoms with Crippen LogP contribution >= 0.6 is 0 Å². The van der Waals surface area contributed by atoms with Gasteiger partial charge in [-0.25, -0.2) is 9.69 Å². The van der Waals surface area contributed by atoms with Crippen molar-refractivity contribution in [1.29, 1.82) is 0 Å². The van der Waals surface area contributed by atoms with E-state index in [-0.39, 0.29) is 6.61 Å². The summed E-state index contributed by atoms with van der Waals surface area (Å²) in [7, 11) is 1.61. The first-order valence-corrected chi connectivity index (χ1v) is 7.98. The van der Waals surface area contributed by atoms with Crippen molar-refractivity contribution >= 4 is 18.1 Å². The van der Waals surface area contributed by atoms with E-state index in [1.54, 1.807) is 13.2 Å². The Balaban J connectivity index is 1.80. The number of rotatable bonds is 4. The molecule has 0 aliphatic carbocycles. The van der Waals surface area contributed by atoms with Crippen molar-refractivity contribution in [1.82, 2.24) is 4.90 Å². The molecule has 0 saturated carbocycles. The Labute approximate surface area is 146 Å². The van der Waals surface area contributed by atoms with Crippen LogP contribution in [0.4, 0.5) is 4.79 Å². The highest BCUT2D eigenvalue weighted by atomic mass is 16.6. The Kier molecular flexibility index (Phi) is 4.84. The Bertz CT molecular complexity index is 814. The van der Waals surface area contributed by atoms with Crippen LogP contribution in [0.15, 0.2) is 54.6 Å². The number of methoxy groups -OCH3 is 1. The first-order valence-electron chi connectivity index (χ1n) is 7.98. The average molecular weight is 337 g/mol. The highest BCUT2D eigenvalue weighted by molar-refractivity contribution is 6.02. The van der Waals surface area contributed by atoms with Crippen molar-refractivity contribution in [3.05, 3.63) is 71.3 Å². The molecule has 2 aromatic carbocycles. The van der Waals surface area contributed by atoms with E-state index >= 15 is 0 Å². The lowest BCUT2D eigenvalue weighted by Gasteiger charge is -2.18. The lowest BCUT2D eigenvalue weighted by Crippen LogP contribution is -2.32. The van der Waals surface area contributed by atoms with Crippen LogP contribution in [-0.4, -0.2) is 30.6 Å². The van der Waals surface area contributed by atoms with E-state index in [4.69, 9.17) is 9.47 Å². The van der Waals surface area contributed by atoms with E-state index in [0.717, 1.165) is 27.3 Å². The molecular formula is C20H19NO4. The fourth-order valence-electron chi connectivity index (χ4n) is 2.79. The number of aryl methyl sites for hydroxylation is 1. The number of benzene rings is 2. The van der Waals surface area contributed by atoms with Gasteiger partial charge in [0, 0.05) is 6.08 Å². The van der Waals surface area contributed by atoms with E-state index in [1.165, 1.54) is 6.08 Å². The molecule has 1 saturated heterocycles. The van der Waals surface area contributed by atoms with Gasteiger partial charge in [-0.1, -0.05) is 36.4 Å². The van der Waals surface area contributed by atoms with Gasteiger partial charge in [0.1, 0.15) is 18.4 Å². The zero-order valence-electron chi connectivity index (χ0n) is 14.1. The van der Waals surface area contributed by atoms with Gasteiger partial charge in [0.15, 0.2) is 0 Å². The molecule has 3 rings (SSSR count). The quantitative estimate of drug-likeness (QED) is 0.798. The third-order valence-electron chi connectivity index (χ3n) is 4.18. The van der Waals surface area contributed by atoms with Crippen LogP contribution in [0.1, 0.15) is 22.7 Å². The van der Waals surface area contributed by atoms with Gasteiger partial charge in [0.05, 0.1) is 7.11 Å². The van der Waals surface area contributed by atoms with Crippen LogP contribution in [0.5, 0.6) is 5.75 Å². The summed E-state index contributed by atoms with van der Waals surface area (Å²) < 4.78 is 10.2. The summed E-state index contributed by atoms with van der Waals surface area (Å²) in [6, 6.07) is 14.6. The van der Waals surface area contributed by atoms with Gasteiger partial charge in [-0.05, 0) is 41.8 Å². The largest absolute Gasteiger partial charge is 0.497 e. The third kappa shape index (κ3) is 3.55. The molecule has 5 heteroatoms. The number of hydrogen-bond acceptors (Lipinski definition) is 4. The minimum absolute atomic E-state index is 0.171. The second-order valence-electron chi connectivity index (χ2n) is 5.77. The standard InChI is InChI=1S/C20H19NO4/c1-14-12-17(24-2)10-8-15(14)9-11-19(22)21-18(13-25-20(21)23)16-6-4-3-5-7-16/h3-12,18H,13H2,1-2H3/b11-9+/t18-/m0/s1. The van der Waals surface area contributed by atoms with Crippen LogP contribution < -0.4 is 4.74 Å². The molecule has 1 heterocycles. The number of imide groups is 1. The molecule has 0 radical (unpaired) electrons. The van der Waals surface area contributed by atoms with Gasteiger partial charge in [0.2, 0.25) is 0 Å². The molecule has 5 nitrogen and oxygen atoms in total. The molecule has 25 heavy (non-hydrogen) atoms. The number of amides is 2. The molecule has 0 bridgehead atoms. The second-order valence-corrected chi connectivity index (χ2v) is 5.77. The minimum atomic E-state index is -0.616. The van der Waals surface area contributed by atoms with Crippen LogP contribution in [0.3, 0.4) is 0 Å². The number of cyclic esters (lactones) is 1. The molecule has 1 fully saturated rings. The zero-order valence-corrected chi connectivity index (χ0v) is 14.1. The molecule has 0 aromatic heterocycles. The van der Waals surface area contributed by atoms with Crippen molar-refractivity contribution in [3.8, 4) is 5.75 Å². The van der Waals surface area contributed by atoms with Gasteiger partial charge >= 0.3 is 6.09 Å². The van der Waals surface area contributed by atoms with Gasteiger partial charge < -0.3 is 9.47 Å². The Morgan fingerprint density at radius 3 is 2.68 bits per heavy atom. The van der Waals surface area contributed by atoms with Gasteiger partial charge in [-0.15, -0.1) is 0 Å². The monoisotopic (exact) mass is 337 g/mol. The molecule has 0 N–H and O–H groups in total. The first-order chi connectivity index (χ1) is 12.1. The Morgan fingerprint density at radius 2 is 2.00 bits per heavy atom. The molecule has 1 aliphatic heterocycles. The zero-order chi connectivity index (χ0) is 17.8. The molecule has 1 atom stereocenters. The number of hydrogen-bond donors (Lipinski definition) is 0. The summed E-state index contributed by atoms with van der Waals surface area (Å²) in [5.41, 5.74) is 2.74. The van der Waals surface area contributed by atoms with Crippen LogP contribution in [0.2, 0.25) is 0 Å². The summed E-state index contributed by atoms with van der Waals surface area (Å²) in [4.78, 5) is 25.7. The van der Waals surface area contributed by atoms with Crippen LogP contribution in [0, 0.1) is 6.92 Å². The first kappa shape index (κ1) is 16.8. The van der Waals surface area contributed by atoms with Crippen LogP contribution in [0.25, 0.3) is 6.08 Å². The van der Waals surface area contributed by atoms with Crippen LogP contribution in [-0.2, 0) is 9.53 Å². The fraction of sp³-hybridized carbons (Fsp3) is 0.200. The molecule has 1 aliphatic rings. The smallest absolute Gasteiger partial charge is 0.417 e. The maximum absolute atomic E-state index is 12.6. The normalized spacial score (nSPS) is 17.0. The maximum Gasteiger partial charge on any atom is 0.417 e. The summed E-state index contributed by atoms with van der Waals surface area (Å²) in [5.74, 6) is 0.361. The van der Waals surface area contributed by atoms with Crippen molar-refractivity contribution < 1.29 is 19.1 Å². The van der Waals surface area contributed by atoms with E-state index in [9.17, 15) is 9.59 Å². The molecular weight excluding hydrogens is 318 g/mol. The van der Waals surface area contributed by atoms with Gasteiger partial charge in [-0.2, -0.15) is 0 Å². The van der Waals surface area contributed by atoms with Crippen molar-refractivity contribution in [2.75, 3.05) is 13.7 Å². The van der Waals surface area contributed by atoms with E-state index in [1.807, 2.05) is 55.5 Å². The lowest BCUT2D eigenvalue weighted by atomic mass is 10.1. The Morgan fingerprint density at radius 1 is 1.24 bits per heavy atom. The van der Waals surface area contributed by atoms with Crippen molar-refractivity contribution in [2.45, 2.75) is 13.0 Å².